The minimum absolute atomic E-state index is 0.000651. The van der Waals surface area contributed by atoms with Crippen LogP contribution in [0.5, 0.6) is 0 Å². The molecule has 0 aromatic heterocycles. The van der Waals surface area contributed by atoms with Gasteiger partial charge in [-0.25, -0.2) is 0 Å². The van der Waals surface area contributed by atoms with Gasteiger partial charge in [-0.15, -0.1) is 0 Å². The zero-order valence-corrected chi connectivity index (χ0v) is 10.2. The average Bonchev–Trinajstić information content (AvgIpc) is 2.45. The van der Waals surface area contributed by atoms with E-state index >= 15 is 0 Å². The van der Waals surface area contributed by atoms with Gasteiger partial charge in [0, 0.05) is 0 Å². The first-order valence-corrected chi connectivity index (χ1v) is 5.97. The number of benzene rings is 1. The minimum atomic E-state index is -1.41. The first-order chi connectivity index (χ1) is 9.13. The molecule has 102 valence electrons. The highest BCUT2D eigenvalue weighted by Crippen LogP contribution is 2.23. The zero-order valence-electron chi connectivity index (χ0n) is 10.2. The molecule has 0 amide bonds. The van der Waals surface area contributed by atoms with E-state index in [1.54, 1.807) is 6.08 Å². The molecule has 1 fully saturated rings. The summed E-state index contributed by atoms with van der Waals surface area (Å²) in [7, 11) is 0. The fourth-order valence-electron chi connectivity index (χ4n) is 1.83. The third-order valence-corrected chi connectivity index (χ3v) is 2.96. The van der Waals surface area contributed by atoms with Gasteiger partial charge in [0.2, 0.25) is 0 Å². The Kier molecular flexibility index (Phi) is 4.37. The molecule has 0 saturated carbocycles. The van der Waals surface area contributed by atoms with Gasteiger partial charge in [-0.1, -0.05) is 36.1 Å². The van der Waals surface area contributed by atoms with Crippen molar-refractivity contribution in [3.8, 4) is 0 Å². The fourth-order valence-corrected chi connectivity index (χ4v) is 1.83. The number of rotatable bonds is 2. The molecular weight excluding hydrogens is 248 g/mol. The second-order valence-electron chi connectivity index (χ2n) is 4.33. The van der Waals surface area contributed by atoms with Crippen LogP contribution >= 0.6 is 0 Å². The summed E-state index contributed by atoms with van der Waals surface area (Å²) in [6.07, 6.45) is -3.47. The van der Waals surface area contributed by atoms with E-state index in [-0.39, 0.29) is 5.76 Å². The Bertz CT molecular complexity index is 476. The molecule has 1 aliphatic rings. The molecular formula is C14H16O5. The molecule has 0 radical (unpaired) electrons. The summed E-state index contributed by atoms with van der Waals surface area (Å²) in [6, 6.07) is 9.27. The van der Waals surface area contributed by atoms with Crippen molar-refractivity contribution in [2.75, 3.05) is 6.61 Å². The SMILES string of the molecule is OC[C@H]1OC(=C=Cc2ccccc2)[C@H](O)[C@@H](O)[C@@H]1O. The highest BCUT2D eigenvalue weighted by molar-refractivity contribution is 5.48. The summed E-state index contributed by atoms with van der Waals surface area (Å²) >= 11 is 0. The van der Waals surface area contributed by atoms with Crippen molar-refractivity contribution in [2.45, 2.75) is 24.4 Å². The van der Waals surface area contributed by atoms with Gasteiger partial charge in [-0.2, -0.15) is 0 Å². The number of ether oxygens (including phenoxy) is 1. The zero-order chi connectivity index (χ0) is 13.8. The van der Waals surface area contributed by atoms with Crippen LogP contribution in [0, 0.1) is 0 Å². The molecule has 0 aliphatic carbocycles. The van der Waals surface area contributed by atoms with Gasteiger partial charge < -0.3 is 25.2 Å². The average molecular weight is 264 g/mol. The van der Waals surface area contributed by atoms with Gasteiger partial charge >= 0.3 is 0 Å². The largest absolute Gasteiger partial charge is 0.479 e. The smallest absolute Gasteiger partial charge is 0.170 e. The van der Waals surface area contributed by atoms with Gasteiger partial charge in [0.15, 0.2) is 11.9 Å². The van der Waals surface area contributed by atoms with Crippen molar-refractivity contribution >= 4 is 6.08 Å². The lowest BCUT2D eigenvalue weighted by Gasteiger charge is -2.35. The van der Waals surface area contributed by atoms with Gasteiger partial charge in [0.1, 0.15) is 18.3 Å². The first-order valence-electron chi connectivity index (χ1n) is 5.97. The van der Waals surface area contributed by atoms with Crippen LogP contribution in [0.2, 0.25) is 0 Å². The van der Waals surface area contributed by atoms with Crippen molar-refractivity contribution < 1.29 is 25.2 Å². The summed E-state index contributed by atoms with van der Waals surface area (Å²) in [5.74, 6) is 0.000651. The molecule has 0 spiro atoms. The van der Waals surface area contributed by atoms with Crippen LogP contribution in [0.25, 0.3) is 6.08 Å². The highest BCUT2D eigenvalue weighted by atomic mass is 16.5. The number of hydrogen-bond donors (Lipinski definition) is 4. The maximum Gasteiger partial charge on any atom is 0.170 e. The molecule has 2 rings (SSSR count). The Morgan fingerprint density at radius 1 is 1.11 bits per heavy atom. The topological polar surface area (TPSA) is 90.2 Å². The molecule has 19 heavy (non-hydrogen) atoms. The molecule has 5 nitrogen and oxygen atoms in total. The van der Waals surface area contributed by atoms with Crippen LogP contribution in [0.4, 0.5) is 0 Å². The number of hydrogen-bond acceptors (Lipinski definition) is 5. The van der Waals surface area contributed by atoms with Gasteiger partial charge in [-0.3, -0.25) is 0 Å². The van der Waals surface area contributed by atoms with Crippen LogP contribution < -0.4 is 0 Å². The summed E-state index contributed by atoms with van der Waals surface area (Å²) in [5.41, 5.74) is 3.59. The quantitative estimate of drug-likeness (QED) is 0.549. The van der Waals surface area contributed by atoms with Crippen LogP contribution in [-0.4, -0.2) is 51.4 Å². The molecule has 5 heteroatoms. The van der Waals surface area contributed by atoms with E-state index in [0.717, 1.165) is 5.56 Å². The third-order valence-electron chi connectivity index (χ3n) is 2.96. The van der Waals surface area contributed by atoms with Gasteiger partial charge in [0.05, 0.1) is 6.61 Å². The predicted octanol–water partition coefficient (Wildman–Crippen LogP) is -0.344. The van der Waals surface area contributed by atoms with Crippen LogP contribution in [0.3, 0.4) is 0 Å². The van der Waals surface area contributed by atoms with Gasteiger partial charge in [0.25, 0.3) is 0 Å². The molecule has 1 aliphatic heterocycles. The van der Waals surface area contributed by atoms with E-state index in [2.05, 4.69) is 5.73 Å². The lowest BCUT2D eigenvalue weighted by atomic mass is 9.98. The normalized spacial score (nSPS) is 30.4. The second-order valence-corrected chi connectivity index (χ2v) is 4.33. The van der Waals surface area contributed by atoms with Crippen molar-refractivity contribution in [3.05, 3.63) is 47.4 Å². The highest BCUT2D eigenvalue weighted by Gasteiger charge is 2.40. The van der Waals surface area contributed by atoms with Gasteiger partial charge in [-0.05, 0) is 11.6 Å². The summed E-state index contributed by atoms with van der Waals surface area (Å²) in [4.78, 5) is 0. The van der Waals surface area contributed by atoms with Crippen LogP contribution in [0.15, 0.2) is 41.8 Å². The van der Waals surface area contributed by atoms with Crippen LogP contribution in [-0.2, 0) is 4.74 Å². The predicted molar refractivity (Wildman–Crippen MR) is 67.9 cm³/mol. The molecule has 0 unspecified atom stereocenters. The second kappa shape index (κ2) is 6.02. The van der Waals surface area contributed by atoms with E-state index in [0.29, 0.717) is 0 Å². The molecule has 1 saturated heterocycles. The molecule has 0 bridgehead atoms. The summed E-state index contributed by atoms with van der Waals surface area (Å²) in [6.45, 7) is -0.457. The maximum absolute atomic E-state index is 9.76. The minimum Gasteiger partial charge on any atom is -0.479 e. The number of aliphatic hydroxyl groups excluding tert-OH is 4. The van der Waals surface area contributed by atoms with Crippen molar-refractivity contribution in [1.82, 2.24) is 0 Å². The van der Waals surface area contributed by atoms with E-state index in [4.69, 9.17) is 9.84 Å². The molecule has 1 aromatic rings. The summed E-state index contributed by atoms with van der Waals surface area (Å²) < 4.78 is 5.22. The molecule has 4 N–H and O–H groups in total. The van der Waals surface area contributed by atoms with Crippen molar-refractivity contribution in [2.24, 2.45) is 0 Å². The van der Waals surface area contributed by atoms with Crippen molar-refractivity contribution in [3.63, 3.8) is 0 Å². The number of aliphatic hydroxyl groups is 4. The Hall–Kier alpha value is -1.62. The van der Waals surface area contributed by atoms with E-state index in [1.807, 2.05) is 30.3 Å². The van der Waals surface area contributed by atoms with Crippen LogP contribution in [0.1, 0.15) is 5.56 Å². The Morgan fingerprint density at radius 2 is 1.79 bits per heavy atom. The van der Waals surface area contributed by atoms with E-state index in [1.165, 1.54) is 0 Å². The first kappa shape index (κ1) is 13.8. The standard InChI is InChI=1S/C14H16O5/c15-8-11-13(17)14(18)12(16)10(19-11)7-6-9-4-2-1-3-5-9/h1-6,11-18H,8H2/t7?,11-,12+,13-,14-/m1/s1. The Morgan fingerprint density at radius 3 is 2.42 bits per heavy atom. The fraction of sp³-hybridized carbons (Fsp3) is 0.357. The molecule has 1 aromatic carbocycles. The lowest BCUT2D eigenvalue weighted by molar-refractivity contribution is -0.164. The monoisotopic (exact) mass is 264 g/mol. The molecule has 1 heterocycles. The Balaban J connectivity index is 2.25. The molecule has 4 atom stereocenters. The maximum atomic E-state index is 9.76. The Labute approximate surface area is 110 Å². The third kappa shape index (κ3) is 3.04. The van der Waals surface area contributed by atoms with Crippen molar-refractivity contribution in [1.29, 1.82) is 0 Å². The van der Waals surface area contributed by atoms with E-state index < -0.39 is 31.0 Å². The summed E-state index contributed by atoms with van der Waals surface area (Å²) in [5, 5.41) is 38.0. The van der Waals surface area contributed by atoms with E-state index in [9.17, 15) is 15.3 Å². The lowest BCUT2D eigenvalue weighted by Crippen LogP contribution is -2.52.